The molecule has 24 heavy (non-hydrogen) atoms. The first-order valence-electron chi connectivity index (χ1n) is 8.13. The van der Waals surface area contributed by atoms with Gasteiger partial charge in [0, 0.05) is 22.9 Å². The molecule has 0 aliphatic heterocycles. The molecule has 1 heterocycles. The molecular weight excluding hydrogens is 294 g/mol. The van der Waals surface area contributed by atoms with Crippen LogP contribution in [0, 0.1) is 0 Å². The normalized spacial score (nSPS) is 11.3. The molecule has 1 aromatic heterocycles. The first kappa shape index (κ1) is 16.1. The lowest BCUT2D eigenvalue weighted by Crippen LogP contribution is -2.16. The number of nitrogens with zero attached hydrogens (tertiary/aromatic N) is 1. The minimum Gasteiger partial charge on any atom is -0.289 e. The molecule has 2 nitrogen and oxygen atoms in total. The number of rotatable bonds is 3. The van der Waals surface area contributed by atoms with Gasteiger partial charge in [-0.05, 0) is 23.1 Å². The quantitative estimate of drug-likeness (QED) is 0.616. The van der Waals surface area contributed by atoms with Gasteiger partial charge in [-0.15, -0.1) is 0 Å². The Morgan fingerprint density at radius 2 is 1.54 bits per heavy atom. The van der Waals surface area contributed by atoms with E-state index in [9.17, 15) is 4.79 Å². The van der Waals surface area contributed by atoms with Crippen molar-refractivity contribution in [1.82, 2.24) is 4.98 Å². The zero-order valence-corrected chi connectivity index (χ0v) is 14.3. The summed E-state index contributed by atoms with van der Waals surface area (Å²) in [5, 5.41) is 0. The van der Waals surface area contributed by atoms with Gasteiger partial charge in [-0.25, -0.2) is 0 Å². The maximum absolute atomic E-state index is 13.1. The number of hydrogen-bond donors (Lipinski definition) is 0. The third kappa shape index (κ3) is 3.13. The van der Waals surface area contributed by atoms with E-state index in [1.54, 1.807) is 6.20 Å². The van der Waals surface area contributed by atoms with Gasteiger partial charge in [-0.1, -0.05) is 75.4 Å². The molecule has 0 aliphatic carbocycles. The second-order valence-electron chi connectivity index (χ2n) is 6.89. The van der Waals surface area contributed by atoms with Crippen LogP contribution in [-0.4, -0.2) is 10.8 Å². The molecule has 0 saturated carbocycles. The van der Waals surface area contributed by atoms with Crippen molar-refractivity contribution < 1.29 is 4.79 Å². The van der Waals surface area contributed by atoms with Crippen LogP contribution in [0.1, 0.15) is 42.3 Å². The van der Waals surface area contributed by atoms with E-state index in [1.165, 1.54) is 0 Å². The molecule has 3 aromatic rings. The molecule has 0 N–H and O–H groups in total. The van der Waals surface area contributed by atoms with E-state index in [0.29, 0.717) is 11.1 Å². The highest BCUT2D eigenvalue weighted by Gasteiger charge is 2.24. The van der Waals surface area contributed by atoms with E-state index in [2.05, 4.69) is 31.8 Å². The second-order valence-corrected chi connectivity index (χ2v) is 6.89. The third-order valence-electron chi connectivity index (χ3n) is 4.07. The van der Waals surface area contributed by atoms with Gasteiger partial charge >= 0.3 is 0 Å². The van der Waals surface area contributed by atoms with Crippen molar-refractivity contribution in [3.63, 3.8) is 0 Å². The number of hydrogen-bond acceptors (Lipinski definition) is 2. The fourth-order valence-corrected chi connectivity index (χ4v) is 2.90. The monoisotopic (exact) mass is 315 g/mol. The summed E-state index contributed by atoms with van der Waals surface area (Å²) in [5.74, 6) is 0.0300. The Morgan fingerprint density at radius 1 is 0.833 bits per heavy atom. The molecule has 0 atom stereocenters. The van der Waals surface area contributed by atoms with Gasteiger partial charge in [0.05, 0.1) is 5.69 Å². The lowest BCUT2D eigenvalue weighted by molar-refractivity contribution is 0.103. The van der Waals surface area contributed by atoms with E-state index in [-0.39, 0.29) is 11.2 Å². The van der Waals surface area contributed by atoms with Crippen molar-refractivity contribution in [2.45, 2.75) is 26.2 Å². The van der Waals surface area contributed by atoms with Crippen LogP contribution in [0.25, 0.3) is 11.3 Å². The Morgan fingerprint density at radius 3 is 2.17 bits per heavy atom. The van der Waals surface area contributed by atoms with Crippen LogP contribution >= 0.6 is 0 Å². The summed E-state index contributed by atoms with van der Waals surface area (Å²) in [6.07, 6.45) is 1.77. The van der Waals surface area contributed by atoms with Crippen molar-refractivity contribution in [2.24, 2.45) is 0 Å². The summed E-state index contributed by atoms with van der Waals surface area (Å²) in [6.45, 7) is 6.47. The van der Waals surface area contributed by atoms with Crippen LogP contribution in [0.5, 0.6) is 0 Å². The number of pyridine rings is 1. The molecule has 0 fully saturated rings. The van der Waals surface area contributed by atoms with Crippen LogP contribution in [-0.2, 0) is 5.41 Å². The average molecular weight is 315 g/mol. The maximum Gasteiger partial charge on any atom is 0.193 e. The largest absolute Gasteiger partial charge is 0.289 e. The number of carbonyl (C=O) groups is 1. The van der Waals surface area contributed by atoms with Gasteiger partial charge < -0.3 is 0 Å². The van der Waals surface area contributed by atoms with Crippen LogP contribution in [0.4, 0.5) is 0 Å². The summed E-state index contributed by atoms with van der Waals surface area (Å²) >= 11 is 0. The molecule has 0 aliphatic rings. The van der Waals surface area contributed by atoms with Gasteiger partial charge in [-0.3, -0.25) is 9.78 Å². The van der Waals surface area contributed by atoms with Crippen LogP contribution in [0.3, 0.4) is 0 Å². The zero-order valence-electron chi connectivity index (χ0n) is 14.3. The molecular formula is C22H21NO. The molecule has 2 aromatic carbocycles. The van der Waals surface area contributed by atoms with E-state index >= 15 is 0 Å². The Balaban J connectivity index is 2.26. The SMILES string of the molecule is CC(C)(C)c1cccc(C(=O)c2ccccc2)c1-c1ccccn1. The Bertz CT molecular complexity index is 846. The second kappa shape index (κ2) is 6.40. The maximum atomic E-state index is 13.1. The molecule has 0 spiro atoms. The number of carbonyl (C=O) groups excluding carboxylic acids is 1. The van der Waals surface area contributed by atoms with Crippen molar-refractivity contribution in [1.29, 1.82) is 0 Å². The standard InChI is InChI=1S/C22H21NO/c1-22(2,3)18-13-9-12-17(20(18)19-14-7-8-15-23-19)21(24)16-10-5-4-6-11-16/h4-15H,1-3H3. The predicted molar refractivity (Wildman–Crippen MR) is 98.2 cm³/mol. The smallest absolute Gasteiger partial charge is 0.193 e. The molecule has 3 rings (SSSR count). The molecule has 0 bridgehead atoms. The van der Waals surface area contributed by atoms with Crippen molar-refractivity contribution in [3.05, 3.63) is 89.6 Å². The van der Waals surface area contributed by atoms with Gasteiger partial charge in [0.2, 0.25) is 0 Å². The van der Waals surface area contributed by atoms with E-state index < -0.39 is 0 Å². The Kier molecular flexibility index (Phi) is 4.30. The molecule has 0 radical (unpaired) electrons. The minimum absolute atomic E-state index is 0.0300. The number of aromatic nitrogens is 1. The van der Waals surface area contributed by atoms with E-state index in [4.69, 9.17) is 0 Å². The lowest BCUT2D eigenvalue weighted by atomic mass is 9.80. The molecule has 0 unspecified atom stereocenters. The summed E-state index contributed by atoms with van der Waals surface area (Å²) in [6, 6.07) is 21.2. The molecule has 0 amide bonds. The fraction of sp³-hybridized carbons (Fsp3) is 0.182. The molecule has 120 valence electrons. The van der Waals surface area contributed by atoms with Crippen molar-refractivity contribution in [2.75, 3.05) is 0 Å². The van der Waals surface area contributed by atoms with Gasteiger partial charge in [0.25, 0.3) is 0 Å². The Hall–Kier alpha value is -2.74. The number of benzene rings is 2. The number of ketones is 1. The van der Waals surface area contributed by atoms with Crippen LogP contribution in [0.2, 0.25) is 0 Å². The average Bonchev–Trinajstić information content (AvgIpc) is 2.61. The highest BCUT2D eigenvalue weighted by atomic mass is 16.1. The fourth-order valence-electron chi connectivity index (χ4n) is 2.90. The molecule has 2 heteroatoms. The summed E-state index contributed by atoms with van der Waals surface area (Å²) in [7, 11) is 0. The van der Waals surface area contributed by atoms with Crippen LogP contribution < -0.4 is 0 Å². The molecule has 0 saturated heterocycles. The Labute approximate surface area is 143 Å². The van der Waals surface area contributed by atoms with E-state index in [0.717, 1.165) is 16.8 Å². The zero-order chi connectivity index (χ0) is 17.2. The topological polar surface area (TPSA) is 30.0 Å². The van der Waals surface area contributed by atoms with E-state index in [1.807, 2.05) is 60.7 Å². The first-order valence-corrected chi connectivity index (χ1v) is 8.13. The van der Waals surface area contributed by atoms with Gasteiger partial charge in [0.1, 0.15) is 0 Å². The van der Waals surface area contributed by atoms with Crippen LogP contribution in [0.15, 0.2) is 72.9 Å². The third-order valence-corrected chi connectivity index (χ3v) is 4.07. The van der Waals surface area contributed by atoms with Gasteiger partial charge in [-0.2, -0.15) is 0 Å². The summed E-state index contributed by atoms with van der Waals surface area (Å²) in [5.41, 5.74) is 4.21. The highest BCUT2D eigenvalue weighted by Crippen LogP contribution is 2.35. The summed E-state index contributed by atoms with van der Waals surface area (Å²) < 4.78 is 0. The highest BCUT2D eigenvalue weighted by molar-refractivity contribution is 6.13. The van der Waals surface area contributed by atoms with Crippen molar-refractivity contribution in [3.8, 4) is 11.3 Å². The first-order chi connectivity index (χ1) is 11.5. The lowest BCUT2D eigenvalue weighted by Gasteiger charge is -2.24. The van der Waals surface area contributed by atoms with Gasteiger partial charge in [0.15, 0.2) is 5.78 Å². The predicted octanol–water partition coefficient (Wildman–Crippen LogP) is 5.28. The van der Waals surface area contributed by atoms with Crippen molar-refractivity contribution >= 4 is 5.78 Å². The minimum atomic E-state index is -0.0835. The summed E-state index contributed by atoms with van der Waals surface area (Å²) in [4.78, 5) is 17.6.